The molecule has 1 aromatic carbocycles. The molecule has 0 N–H and O–H groups in total. The van der Waals surface area contributed by atoms with Gasteiger partial charge in [-0.25, -0.2) is 4.39 Å². The topological polar surface area (TPSA) is 0 Å². The molecule has 1 heterocycles. The van der Waals surface area contributed by atoms with Crippen molar-refractivity contribution < 1.29 is 4.39 Å². The van der Waals surface area contributed by atoms with Crippen LogP contribution in [0.3, 0.4) is 0 Å². The summed E-state index contributed by atoms with van der Waals surface area (Å²) in [6, 6.07) is 8.69. The van der Waals surface area contributed by atoms with Gasteiger partial charge in [-0.2, -0.15) is 0 Å². The Morgan fingerprint density at radius 3 is 2.46 bits per heavy atom. The highest BCUT2D eigenvalue weighted by Crippen LogP contribution is 2.33. The molecule has 2 rings (SSSR count). The summed E-state index contributed by atoms with van der Waals surface area (Å²) in [4.78, 5) is 0. The van der Waals surface area contributed by atoms with Crippen LogP contribution in [0.15, 0.2) is 39.5 Å². The largest absolute Gasteiger partial charge is 0.206 e. The third-order valence-corrected chi connectivity index (χ3v) is 3.47. The predicted octanol–water partition coefficient (Wildman–Crippen LogP) is 4.32. The van der Waals surface area contributed by atoms with E-state index in [4.69, 9.17) is 0 Å². The number of benzene rings is 1. The maximum atomic E-state index is 13.3. The van der Waals surface area contributed by atoms with Gasteiger partial charge in [0.2, 0.25) is 0 Å². The molecule has 2 aromatic rings. The smallest absolute Gasteiger partial charge is 0.131 e. The molecule has 66 valence electrons. The summed E-state index contributed by atoms with van der Waals surface area (Å²) in [6.07, 6.45) is 0. The van der Waals surface area contributed by atoms with Crippen molar-refractivity contribution in [2.24, 2.45) is 0 Å². The fourth-order valence-corrected chi connectivity index (χ4v) is 2.46. The van der Waals surface area contributed by atoms with E-state index in [2.05, 4.69) is 15.9 Å². The zero-order valence-corrected chi connectivity index (χ0v) is 9.03. The molecular weight excluding hydrogens is 251 g/mol. The van der Waals surface area contributed by atoms with Gasteiger partial charge < -0.3 is 0 Å². The Balaban J connectivity index is 2.59. The van der Waals surface area contributed by atoms with Crippen LogP contribution in [0.2, 0.25) is 0 Å². The quantitative estimate of drug-likeness (QED) is 0.713. The van der Waals surface area contributed by atoms with Gasteiger partial charge in [0.1, 0.15) is 5.82 Å². The highest BCUT2D eigenvalue weighted by Gasteiger charge is 2.07. The van der Waals surface area contributed by atoms with Gasteiger partial charge in [0.05, 0.1) is 3.79 Å². The first-order valence-corrected chi connectivity index (χ1v) is 5.44. The third-order valence-electron chi connectivity index (χ3n) is 1.78. The molecule has 0 fully saturated rings. The van der Waals surface area contributed by atoms with E-state index in [-0.39, 0.29) is 5.82 Å². The van der Waals surface area contributed by atoms with Crippen molar-refractivity contribution >= 4 is 27.3 Å². The molecule has 0 nitrogen and oxygen atoms in total. The molecule has 0 aliphatic rings. The summed E-state index contributed by atoms with van der Waals surface area (Å²) in [5.41, 5.74) is 1.57. The molecule has 0 amide bonds. The van der Waals surface area contributed by atoms with Crippen LogP contribution < -0.4 is 0 Å². The minimum Gasteiger partial charge on any atom is -0.206 e. The van der Waals surface area contributed by atoms with Gasteiger partial charge in [0, 0.05) is 11.1 Å². The van der Waals surface area contributed by atoms with Crippen LogP contribution in [0, 0.1) is 5.82 Å². The summed E-state index contributed by atoms with van der Waals surface area (Å²) in [5.74, 6) is -0.179. The van der Waals surface area contributed by atoms with Crippen LogP contribution >= 0.6 is 27.3 Å². The van der Waals surface area contributed by atoms with Crippen LogP contribution in [-0.2, 0) is 0 Å². The van der Waals surface area contributed by atoms with Crippen molar-refractivity contribution in [3.8, 4) is 11.1 Å². The highest BCUT2D eigenvalue weighted by atomic mass is 79.9. The number of hydrogen-bond acceptors (Lipinski definition) is 1. The van der Waals surface area contributed by atoms with E-state index in [1.165, 1.54) is 6.07 Å². The lowest BCUT2D eigenvalue weighted by molar-refractivity contribution is 0.631. The SMILES string of the molecule is Fc1ccccc1-c1ccsc1Br. The Bertz CT molecular complexity index is 422. The third kappa shape index (κ3) is 1.67. The molecule has 0 saturated carbocycles. The van der Waals surface area contributed by atoms with Crippen molar-refractivity contribution in [3.05, 3.63) is 45.3 Å². The molecule has 0 spiro atoms. The first-order chi connectivity index (χ1) is 6.29. The molecule has 0 radical (unpaired) electrons. The Labute approximate surface area is 88.2 Å². The summed E-state index contributed by atoms with van der Waals surface area (Å²) in [5, 5.41) is 1.94. The van der Waals surface area contributed by atoms with Gasteiger partial charge in [-0.15, -0.1) is 11.3 Å². The van der Waals surface area contributed by atoms with E-state index in [9.17, 15) is 4.39 Å². The molecule has 0 atom stereocenters. The average molecular weight is 257 g/mol. The van der Waals surface area contributed by atoms with Gasteiger partial charge in [0.25, 0.3) is 0 Å². The molecule has 0 saturated heterocycles. The molecule has 0 aliphatic carbocycles. The predicted molar refractivity (Wildman–Crippen MR) is 57.4 cm³/mol. The van der Waals surface area contributed by atoms with Crippen molar-refractivity contribution in [1.29, 1.82) is 0 Å². The van der Waals surface area contributed by atoms with Crippen LogP contribution in [0.1, 0.15) is 0 Å². The minimum atomic E-state index is -0.179. The molecular formula is C10H6BrFS. The van der Waals surface area contributed by atoms with Crippen molar-refractivity contribution in [1.82, 2.24) is 0 Å². The van der Waals surface area contributed by atoms with Gasteiger partial charge in [-0.1, -0.05) is 18.2 Å². The second-order valence-electron chi connectivity index (χ2n) is 2.59. The van der Waals surface area contributed by atoms with E-state index in [0.29, 0.717) is 5.56 Å². The summed E-state index contributed by atoms with van der Waals surface area (Å²) in [7, 11) is 0. The van der Waals surface area contributed by atoms with E-state index in [0.717, 1.165) is 9.35 Å². The maximum Gasteiger partial charge on any atom is 0.131 e. The lowest BCUT2D eigenvalue weighted by Crippen LogP contribution is -1.80. The summed E-state index contributed by atoms with van der Waals surface area (Å²) in [6.45, 7) is 0. The van der Waals surface area contributed by atoms with Crippen molar-refractivity contribution in [2.45, 2.75) is 0 Å². The normalized spacial score (nSPS) is 10.3. The summed E-state index contributed by atoms with van der Waals surface area (Å²) < 4.78 is 14.3. The van der Waals surface area contributed by atoms with E-state index in [1.54, 1.807) is 23.5 Å². The van der Waals surface area contributed by atoms with Crippen molar-refractivity contribution in [3.63, 3.8) is 0 Å². The van der Waals surface area contributed by atoms with Crippen LogP contribution in [0.5, 0.6) is 0 Å². The van der Waals surface area contributed by atoms with Crippen molar-refractivity contribution in [2.75, 3.05) is 0 Å². The lowest BCUT2D eigenvalue weighted by atomic mass is 10.1. The molecule has 0 bridgehead atoms. The number of hydrogen-bond donors (Lipinski definition) is 0. The number of rotatable bonds is 1. The fraction of sp³-hybridized carbons (Fsp3) is 0. The maximum absolute atomic E-state index is 13.3. The number of halogens is 2. The van der Waals surface area contributed by atoms with E-state index in [1.807, 2.05) is 17.5 Å². The van der Waals surface area contributed by atoms with Gasteiger partial charge in [-0.05, 0) is 33.4 Å². The second kappa shape index (κ2) is 3.60. The van der Waals surface area contributed by atoms with Gasteiger partial charge in [-0.3, -0.25) is 0 Å². The Morgan fingerprint density at radius 1 is 1.08 bits per heavy atom. The fourth-order valence-electron chi connectivity index (χ4n) is 1.17. The second-order valence-corrected chi connectivity index (χ2v) is 4.82. The van der Waals surface area contributed by atoms with Crippen LogP contribution in [0.25, 0.3) is 11.1 Å². The Kier molecular flexibility index (Phi) is 2.47. The monoisotopic (exact) mass is 256 g/mol. The zero-order valence-electron chi connectivity index (χ0n) is 6.63. The number of thiophene rings is 1. The van der Waals surface area contributed by atoms with Gasteiger partial charge >= 0.3 is 0 Å². The van der Waals surface area contributed by atoms with Gasteiger partial charge in [0.15, 0.2) is 0 Å². The lowest BCUT2D eigenvalue weighted by Gasteiger charge is -1.99. The van der Waals surface area contributed by atoms with E-state index < -0.39 is 0 Å². The first kappa shape index (κ1) is 8.91. The minimum absolute atomic E-state index is 0.179. The van der Waals surface area contributed by atoms with Crippen LogP contribution in [-0.4, -0.2) is 0 Å². The molecule has 0 unspecified atom stereocenters. The van der Waals surface area contributed by atoms with E-state index >= 15 is 0 Å². The summed E-state index contributed by atoms with van der Waals surface area (Å²) >= 11 is 4.95. The molecule has 3 heteroatoms. The highest BCUT2D eigenvalue weighted by molar-refractivity contribution is 9.11. The average Bonchev–Trinajstić information content (AvgIpc) is 2.52. The molecule has 1 aromatic heterocycles. The van der Waals surface area contributed by atoms with Crippen LogP contribution in [0.4, 0.5) is 4.39 Å². The zero-order chi connectivity index (χ0) is 9.26. The standard InChI is InChI=1S/C10H6BrFS/c11-10-8(5-6-13-10)7-3-1-2-4-9(7)12/h1-6H. The molecule has 13 heavy (non-hydrogen) atoms. The first-order valence-electron chi connectivity index (χ1n) is 3.77. The Morgan fingerprint density at radius 2 is 1.85 bits per heavy atom. The molecule has 0 aliphatic heterocycles. The Hall–Kier alpha value is -0.670.